The maximum Gasteiger partial charge on any atom is 0.140 e. The Hall–Kier alpha value is 1.44. The Morgan fingerprint density at radius 3 is 2.80 bits per heavy atom. The highest BCUT2D eigenvalue weighted by atomic mass is 127. The molecule has 0 N–H and O–H groups in total. The Balaban J connectivity index is 2.35. The molecule has 0 amide bonds. The fourth-order valence-corrected chi connectivity index (χ4v) is 2.55. The number of rotatable bonds is 1. The highest BCUT2D eigenvalue weighted by Gasteiger charge is 2.22. The topological polar surface area (TPSA) is 12.5 Å². The number of hydrogen-bond donors (Lipinski definition) is 0. The molecule has 58 valence electrons. The molecule has 1 heterocycles. The molecule has 0 aliphatic carbocycles. The molecular formula is C5H10BI2NO. The molecule has 0 bridgehead atoms. The largest absolute Gasteiger partial charge is 0.381 e. The van der Waals surface area contributed by atoms with E-state index in [1.807, 2.05) is 0 Å². The quantitative estimate of drug-likeness (QED) is 0.290. The van der Waals surface area contributed by atoms with Crippen LogP contribution in [0, 0.1) is 0 Å². The van der Waals surface area contributed by atoms with Crippen LogP contribution in [0.2, 0.25) is 0 Å². The minimum absolute atomic E-state index is 0.408. The van der Waals surface area contributed by atoms with Gasteiger partial charge in [0.2, 0.25) is 0 Å². The van der Waals surface area contributed by atoms with E-state index in [1.54, 1.807) is 0 Å². The van der Waals surface area contributed by atoms with Crippen molar-refractivity contribution in [1.82, 2.24) is 3.11 Å². The molecule has 2 nitrogen and oxygen atoms in total. The van der Waals surface area contributed by atoms with Gasteiger partial charge in [0, 0.05) is 46.4 Å². The van der Waals surface area contributed by atoms with E-state index in [0.717, 1.165) is 17.5 Å². The molecule has 0 saturated carbocycles. The standard InChI is InChI=1S/C5H10BI2NO/c6-5-3-9(8)2-4(1-7)10-5/h4-5H,1-3,6H2/t4-,5?/m1/s1. The first kappa shape index (κ1) is 9.53. The summed E-state index contributed by atoms with van der Waals surface area (Å²) < 4.78 is 9.05. The third-order valence-electron chi connectivity index (χ3n) is 1.45. The normalized spacial score (nSPS) is 36.2. The summed E-state index contributed by atoms with van der Waals surface area (Å²) in [5.41, 5.74) is 0. The van der Waals surface area contributed by atoms with Gasteiger partial charge in [0.15, 0.2) is 0 Å². The predicted octanol–water partition coefficient (Wildman–Crippen LogP) is 0.431. The predicted molar refractivity (Wildman–Crippen MR) is 61.7 cm³/mol. The Labute approximate surface area is 90.1 Å². The van der Waals surface area contributed by atoms with E-state index in [4.69, 9.17) is 4.74 Å². The van der Waals surface area contributed by atoms with Gasteiger partial charge in [-0.15, -0.1) is 0 Å². The summed E-state index contributed by atoms with van der Waals surface area (Å²) in [5.74, 6) is 0. The van der Waals surface area contributed by atoms with Gasteiger partial charge in [0.1, 0.15) is 7.85 Å². The zero-order chi connectivity index (χ0) is 7.56. The fourth-order valence-electron chi connectivity index (χ4n) is 1.07. The van der Waals surface area contributed by atoms with Crippen LogP contribution in [0.4, 0.5) is 0 Å². The van der Waals surface area contributed by atoms with E-state index in [0.29, 0.717) is 12.1 Å². The lowest BCUT2D eigenvalue weighted by atomic mass is 9.99. The Kier molecular flexibility index (Phi) is 4.26. The van der Waals surface area contributed by atoms with E-state index < -0.39 is 0 Å². The third kappa shape index (κ3) is 2.82. The van der Waals surface area contributed by atoms with Gasteiger partial charge in [-0.2, -0.15) is 0 Å². The Morgan fingerprint density at radius 1 is 1.60 bits per heavy atom. The van der Waals surface area contributed by atoms with Crippen LogP contribution >= 0.6 is 45.5 Å². The summed E-state index contributed by atoms with van der Waals surface area (Å²) in [4.78, 5) is 0. The van der Waals surface area contributed by atoms with Gasteiger partial charge in [-0.3, -0.25) is 0 Å². The average Bonchev–Trinajstić information content (AvgIpc) is 1.85. The lowest BCUT2D eigenvalue weighted by Crippen LogP contribution is -2.43. The number of alkyl halides is 1. The maximum absolute atomic E-state index is 5.65. The second-order valence-electron chi connectivity index (χ2n) is 2.55. The molecule has 1 aliphatic rings. The second-order valence-corrected chi connectivity index (χ2v) is 4.80. The summed E-state index contributed by atoms with van der Waals surface area (Å²) in [6.07, 6.45) is 0.446. The SMILES string of the molecule is BC1CN(I)C[C@@H](CI)O1. The van der Waals surface area contributed by atoms with E-state index in [2.05, 4.69) is 56.4 Å². The van der Waals surface area contributed by atoms with Gasteiger partial charge in [0.05, 0.1) is 6.10 Å². The lowest BCUT2D eigenvalue weighted by Gasteiger charge is -2.32. The molecule has 1 fully saturated rings. The molecule has 0 spiro atoms. The van der Waals surface area contributed by atoms with Gasteiger partial charge in [-0.25, -0.2) is 3.11 Å². The van der Waals surface area contributed by atoms with Crippen molar-refractivity contribution in [1.29, 1.82) is 0 Å². The first-order valence-electron chi connectivity index (χ1n) is 3.34. The van der Waals surface area contributed by atoms with Gasteiger partial charge in [0.25, 0.3) is 0 Å². The summed E-state index contributed by atoms with van der Waals surface area (Å²) in [6.45, 7) is 2.14. The highest BCUT2D eigenvalue weighted by Crippen LogP contribution is 2.14. The van der Waals surface area contributed by atoms with E-state index in [-0.39, 0.29) is 0 Å². The van der Waals surface area contributed by atoms with E-state index >= 15 is 0 Å². The van der Waals surface area contributed by atoms with Gasteiger partial charge in [-0.1, -0.05) is 22.6 Å². The van der Waals surface area contributed by atoms with Crippen molar-refractivity contribution in [3.05, 3.63) is 0 Å². The number of ether oxygens (including phenoxy) is 1. The Bertz CT molecular complexity index is 106. The zero-order valence-corrected chi connectivity index (χ0v) is 10.2. The van der Waals surface area contributed by atoms with Crippen molar-refractivity contribution in [2.45, 2.75) is 12.1 Å². The summed E-state index contributed by atoms with van der Waals surface area (Å²) in [5, 5.41) is 0. The van der Waals surface area contributed by atoms with Gasteiger partial charge < -0.3 is 4.74 Å². The molecule has 1 rings (SSSR count). The van der Waals surface area contributed by atoms with Gasteiger partial charge >= 0.3 is 0 Å². The van der Waals surface area contributed by atoms with Crippen LogP contribution in [0.3, 0.4) is 0 Å². The minimum Gasteiger partial charge on any atom is -0.381 e. The number of morpholine rings is 1. The zero-order valence-electron chi connectivity index (χ0n) is 5.89. The summed E-state index contributed by atoms with van der Waals surface area (Å²) >= 11 is 4.73. The average molecular weight is 365 g/mol. The molecule has 10 heavy (non-hydrogen) atoms. The summed E-state index contributed by atoms with van der Waals surface area (Å²) in [7, 11) is 2.13. The number of hydrogen-bond acceptors (Lipinski definition) is 2. The van der Waals surface area contributed by atoms with Crippen molar-refractivity contribution in [2.75, 3.05) is 17.5 Å². The number of nitrogens with zero attached hydrogens (tertiary/aromatic N) is 1. The van der Waals surface area contributed by atoms with Crippen LogP contribution in [0.25, 0.3) is 0 Å². The van der Waals surface area contributed by atoms with Crippen molar-refractivity contribution in [2.24, 2.45) is 0 Å². The lowest BCUT2D eigenvalue weighted by molar-refractivity contribution is -0.00107. The monoisotopic (exact) mass is 365 g/mol. The van der Waals surface area contributed by atoms with E-state index in [1.165, 1.54) is 0 Å². The van der Waals surface area contributed by atoms with Gasteiger partial charge in [-0.05, 0) is 0 Å². The number of halogens is 2. The smallest absolute Gasteiger partial charge is 0.140 e. The fraction of sp³-hybridized carbons (Fsp3) is 1.00. The van der Waals surface area contributed by atoms with Crippen molar-refractivity contribution in [3.8, 4) is 0 Å². The minimum atomic E-state index is 0.408. The molecule has 0 aromatic heterocycles. The molecule has 1 unspecified atom stereocenters. The van der Waals surface area contributed by atoms with Crippen molar-refractivity contribution in [3.63, 3.8) is 0 Å². The van der Waals surface area contributed by atoms with Crippen molar-refractivity contribution >= 4 is 53.3 Å². The first-order valence-corrected chi connectivity index (χ1v) is 5.83. The molecule has 1 saturated heterocycles. The van der Waals surface area contributed by atoms with Crippen LogP contribution in [0.5, 0.6) is 0 Å². The second kappa shape index (κ2) is 4.47. The molecule has 5 heteroatoms. The van der Waals surface area contributed by atoms with Crippen LogP contribution in [0.15, 0.2) is 0 Å². The summed E-state index contributed by atoms with van der Waals surface area (Å²) in [6, 6.07) is 0.408. The Morgan fingerprint density at radius 2 is 2.30 bits per heavy atom. The molecular weight excluding hydrogens is 355 g/mol. The first-order chi connectivity index (χ1) is 4.72. The maximum atomic E-state index is 5.65. The molecule has 0 aromatic carbocycles. The molecule has 0 aromatic rings. The van der Waals surface area contributed by atoms with E-state index in [9.17, 15) is 0 Å². The van der Waals surface area contributed by atoms with Crippen LogP contribution in [0.1, 0.15) is 0 Å². The highest BCUT2D eigenvalue weighted by molar-refractivity contribution is 14.1. The van der Waals surface area contributed by atoms with Crippen LogP contribution in [-0.2, 0) is 4.74 Å². The van der Waals surface area contributed by atoms with Crippen LogP contribution < -0.4 is 0 Å². The third-order valence-corrected chi connectivity index (χ3v) is 3.22. The van der Waals surface area contributed by atoms with Crippen LogP contribution in [-0.4, -0.2) is 40.6 Å². The van der Waals surface area contributed by atoms with Crippen molar-refractivity contribution < 1.29 is 4.74 Å². The molecule has 0 radical (unpaired) electrons. The molecule has 1 aliphatic heterocycles. The molecule has 2 atom stereocenters.